The Hall–Kier alpha value is -3.75. The van der Waals surface area contributed by atoms with E-state index in [4.69, 9.17) is 0 Å². The first-order valence-corrected chi connectivity index (χ1v) is 9.28. The van der Waals surface area contributed by atoms with Crippen molar-refractivity contribution in [2.24, 2.45) is 0 Å². The van der Waals surface area contributed by atoms with E-state index in [-0.39, 0.29) is 11.3 Å². The van der Waals surface area contributed by atoms with E-state index >= 15 is 0 Å². The lowest BCUT2D eigenvalue weighted by atomic mass is 9.97. The van der Waals surface area contributed by atoms with Gasteiger partial charge in [0.2, 0.25) is 0 Å². The van der Waals surface area contributed by atoms with Gasteiger partial charge in [-0.2, -0.15) is 13.2 Å². The van der Waals surface area contributed by atoms with Gasteiger partial charge in [-0.05, 0) is 35.4 Å². The first kappa shape index (κ1) is 20.5. The normalized spacial score (nSPS) is 12.6. The van der Waals surface area contributed by atoms with Gasteiger partial charge in [0.25, 0.3) is 5.91 Å². The molecule has 0 saturated carbocycles. The van der Waals surface area contributed by atoms with Gasteiger partial charge in [0.05, 0.1) is 22.9 Å². The molecule has 158 valence electrons. The van der Waals surface area contributed by atoms with Crippen molar-refractivity contribution in [1.82, 2.24) is 20.3 Å². The van der Waals surface area contributed by atoms with Crippen LogP contribution in [0.25, 0.3) is 11.0 Å². The lowest BCUT2D eigenvalue weighted by Gasteiger charge is -2.22. The molecular formula is C22H16F4N4O. The second-order valence-electron chi connectivity index (χ2n) is 6.82. The molecule has 5 nitrogen and oxygen atoms in total. The van der Waals surface area contributed by atoms with E-state index in [0.29, 0.717) is 22.2 Å². The van der Waals surface area contributed by atoms with E-state index < -0.39 is 30.4 Å². The van der Waals surface area contributed by atoms with Crippen LogP contribution in [0.15, 0.2) is 67.1 Å². The second-order valence-corrected chi connectivity index (χ2v) is 6.82. The van der Waals surface area contributed by atoms with Crippen LogP contribution in [-0.2, 0) is 12.9 Å². The summed E-state index contributed by atoms with van der Waals surface area (Å²) in [4.78, 5) is 23.9. The molecule has 0 radical (unpaired) electrons. The van der Waals surface area contributed by atoms with Gasteiger partial charge in [-0.25, -0.2) is 9.37 Å². The quantitative estimate of drug-likeness (QED) is 0.441. The molecule has 1 atom stereocenters. The molecule has 31 heavy (non-hydrogen) atoms. The minimum Gasteiger partial charge on any atom is -0.345 e. The van der Waals surface area contributed by atoms with Crippen molar-refractivity contribution in [2.75, 3.05) is 0 Å². The predicted octanol–water partition coefficient (Wildman–Crippen LogP) is 4.97. The van der Waals surface area contributed by atoms with Gasteiger partial charge in [0.1, 0.15) is 12.3 Å². The Bertz CT molecular complexity index is 1220. The van der Waals surface area contributed by atoms with E-state index in [1.807, 2.05) is 0 Å². The lowest BCUT2D eigenvalue weighted by molar-refractivity contribution is -0.138. The topological polar surface area (TPSA) is 70.7 Å². The maximum atomic E-state index is 13.6. The number of nitrogens with zero attached hydrogens (tertiary/aromatic N) is 2. The average molecular weight is 428 g/mol. The van der Waals surface area contributed by atoms with Gasteiger partial charge < -0.3 is 10.3 Å². The number of alkyl halides is 4. The van der Waals surface area contributed by atoms with Crippen LogP contribution in [0.2, 0.25) is 0 Å². The largest absolute Gasteiger partial charge is 0.418 e. The highest BCUT2D eigenvalue weighted by Crippen LogP contribution is 2.35. The number of aromatic amines is 1. The smallest absolute Gasteiger partial charge is 0.345 e. The third-order valence-electron chi connectivity index (χ3n) is 4.86. The van der Waals surface area contributed by atoms with Crippen molar-refractivity contribution < 1.29 is 22.4 Å². The van der Waals surface area contributed by atoms with Crippen molar-refractivity contribution >= 4 is 16.9 Å². The molecule has 3 aromatic heterocycles. The number of hydrogen-bond acceptors (Lipinski definition) is 3. The first-order valence-electron chi connectivity index (χ1n) is 9.28. The van der Waals surface area contributed by atoms with Gasteiger partial charge in [0.15, 0.2) is 0 Å². The van der Waals surface area contributed by atoms with Crippen LogP contribution in [0, 0.1) is 0 Å². The fourth-order valence-corrected chi connectivity index (χ4v) is 3.35. The second kappa shape index (κ2) is 8.17. The number of hydrogen-bond donors (Lipinski definition) is 2. The van der Waals surface area contributed by atoms with Gasteiger partial charge in [-0.1, -0.05) is 24.3 Å². The zero-order valence-electron chi connectivity index (χ0n) is 15.9. The summed E-state index contributed by atoms with van der Waals surface area (Å²) in [5, 5.41) is 3.18. The van der Waals surface area contributed by atoms with Crippen molar-refractivity contribution in [3.05, 3.63) is 95.1 Å². The van der Waals surface area contributed by atoms with Gasteiger partial charge in [-0.3, -0.25) is 9.78 Å². The van der Waals surface area contributed by atoms with Crippen molar-refractivity contribution in [3.63, 3.8) is 0 Å². The minimum atomic E-state index is -4.67. The highest BCUT2D eigenvalue weighted by molar-refractivity contribution is 6.06. The summed E-state index contributed by atoms with van der Waals surface area (Å²) >= 11 is 0. The summed E-state index contributed by atoms with van der Waals surface area (Å²) in [5.41, 5.74) is 0.106. The maximum Gasteiger partial charge on any atom is 0.418 e. The lowest BCUT2D eigenvalue weighted by Crippen LogP contribution is -2.31. The Morgan fingerprint density at radius 3 is 2.45 bits per heavy atom. The molecular weight excluding hydrogens is 412 g/mol. The standard InChI is InChI=1S/C22H16F4N4O/c23-11-13-5-7-14(8-6-13)18(19-17(22(24,25)26)4-2-9-27-19)30-21(31)16-12-29-20-15(16)3-1-10-28-20/h1-10,12,18H,11H2,(H,28,29)(H,30,31)/t18-/m0/s1. The fraction of sp³-hybridized carbons (Fsp3) is 0.136. The Morgan fingerprint density at radius 1 is 1.03 bits per heavy atom. The molecule has 0 bridgehead atoms. The van der Waals surface area contributed by atoms with Crippen LogP contribution in [0.4, 0.5) is 17.6 Å². The molecule has 4 rings (SSSR count). The number of H-pyrrole nitrogens is 1. The maximum absolute atomic E-state index is 13.6. The molecule has 3 heterocycles. The zero-order chi connectivity index (χ0) is 22.0. The predicted molar refractivity (Wildman–Crippen MR) is 106 cm³/mol. The van der Waals surface area contributed by atoms with E-state index in [9.17, 15) is 22.4 Å². The summed E-state index contributed by atoms with van der Waals surface area (Å²) in [5.74, 6) is -0.599. The van der Waals surface area contributed by atoms with Crippen molar-refractivity contribution in [2.45, 2.75) is 18.9 Å². The van der Waals surface area contributed by atoms with Crippen LogP contribution < -0.4 is 5.32 Å². The first-order chi connectivity index (χ1) is 14.9. The number of carbonyl (C=O) groups is 1. The number of fused-ring (bicyclic) bond motifs is 1. The Balaban J connectivity index is 1.79. The third kappa shape index (κ3) is 4.11. The summed E-state index contributed by atoms with van der Waals surface area (Å²) in [7, 11) is 0. The number of benzene rings is 1. The molecule has 0 aliphatic rings. The summed E-state index contributed by atoms with van der Waals surface area (Å²) in [6, 6.07) is 10.1. The molecule has 2 N–H and O–H groups in total. The van der Waals surface area contributed by atoms with Crippen LogP contribution in [0.5, 0.6) is 0 Å². The van der Waals surface area contributed by atoms with Crippen LogP contribution in [-0.4, -0.2) is 20.9 Å². The van der Waals surface area contributed by atoms with Crippen molar-refractivity contribution in [3.8, 4) is 0 Å². The zero-order valence-corrected chi connectivity index (χ0v) is 15.9. The number of carbonyl (C=O) groups excluding carboxylic acids is 1. The Morgan fingerprint density at radius 2 is 1.74 bits per heavy atom. The number of halogens is 4. The average Bonchev–Trinajstić information content (AvgIpc) is 3.21. The van der Waals surface area contributed by atoms with Crippen LogP contribution in [0.3, 0.4) is 0 Å². The third-order valence-corrected chi connectivity index (χ3v) is 4.86. The summed E-state index contributed by atoms with van der Waals surface area (Å²) in [6.07, 6.45) is -0.440. The van der Waals surface area contributed by atoms with E-state index in [1.54, 1.807) is 18.3 Å². The molecule has 0 aliphatic heterocycles. The summed E-state index contributed by atoms with van der Waals surface area (Å²) < 4.78 is 53.8. The van der Waals surface area contributed by atoms with Crippen LogP contribution >= 0.6 is 0 Å². The number of aromatic nitrogens is 3. The fourth-order valence-electron chi connectivity index (χ4n) is 3.35. The van der Waals surface area contributed by atoms with E-state index in [2.05, 4.69) is 20.3 Å². The molecule has 4 aromatic rings. The molecule has 0 unspecified atom stereocenters. The Labute approximate surface area is 174 Å². The number of nitrogens with one attached hydrogen (secondary N) is 2. The molecule has 1 amide bonds. The summed E-state index contributed by atoms with van der Waals surface area (Å²) in [6.45, 7) is -0.711. The molecule has 0 aliphatic carbocycles. The SMILES string of the molecule is O=C(N[C@@H](c1ccc(CF)cc1)c1ncccc1C(F)(F)F)c1c[nH]c2ncccc12. The van der Waals surface area contributed by atoms with E-state index in [1.165, 1.54) is 42.7 Å². The molecule has 0 fully saturated rings. The molecule has 1 aromatic carbocycles. The number of rotatable bonds is 5. The van der Waals surface area contributed by atoms with Gasteiger partial charge in [0, 0.05) is 24.0 Å². The molecule has 0 spiro atoms. The minimum absolute atomic E-state index is 0.234. The van der Waals surface area contributed by atoms with Gasteiger partial charge >= 0.3 is 6.18 Å². The van der Waals surface area contributed by atoms with Gasteiger partial charge in [-0.15, -0.1) is 0 Å². The van der Waals surface area contributed by atoms with Crippen molar-refractivity contribution in [1.29, 1.82) is 0 Å². The number of amides is 1. The Kier molecular flexibility index (Phi) is 5.41. The molecule has 9 heteroatoms. The monoisotopic (exact) mass is 428 g/mol. The molecule has 0 saturated heterocycles. The van der Waals surface area contributed by atoms with E-state index in [0.717, 1.165) is 6.07 Å². The number of pyridine rings is 2. The highest BCUT2D eigenvalue weighted by atomic mass is 19.4. The highest BCUT2D eigenvalue weighted by Gasteiger charge is 2.37. The van der Waals surface area contributed by atoms with Crippen LogP contribution in [0.1, 0.15) is 38.8 Å².